The van der Waals surface area contributed by atoms with Crippen molar-refractivity contribution in [3.8, 4) is 5.75 Å². The summed E-state index contributed by atoms with van der Waals surface area (Å²) in [5, 5.41) is 11.5. The number of hydrogen-bond acceptors (Lipinski definition) is 8. The van der Waals surface area contributed by atoms with Crippen molar-refractivity contribution in [1.82, 2.24) is 4.98 Å². The maximum atomic E-state index is 13.3. The van der Waals surface area contributed by atoms with Crippen LogP contribution in [0.4, 0.5) is 5.13 Å². The number of ether oxygens (including phenoxy) is 2. The molecule has 1 atom stereocenters. The first-order chi connectivity index (χ1) is 17.2. The highest BCUT2D eigenvalue weighted by Crippen LogP contribution is 2.44. The molecular formula is C27H26N2O6S. The van der Waals surface area contributed by atoms with E-state index in [4.69, 9.17) is 9.47 Å². The van der Waals surface area contributed by atoms with Crippen LogP contribution in [0.5, 0.6) is 5.75 Å². The van der Waals surface area contributed by atoms with E-state index in [1.165, 1.54) is 4.90 Å². The zero-order valence-corrected chi connectivity index (χ0v) is 21.4. The Balaban J connectivity index is 1.91. The average molecular weight is 507 g/mol. The molecule has 1 fully saturated rings. The van der Waals surface area contributed by atoms with Gasteiger partial charge in [-0.25, -0.2) is 9.78 Å². The second kappa shape index (κ2) is 9.94. The number of Topliss-reactive ketones (excluding diaryl/α,β-unsaturated/α-hetero) is 1. The summed E-state index contributed by atoms with van der Waals surface area (Å²) in [7, 11) is 1.55. The predicted octanol–water partition coefficient (Wildman–Crippen LogP) is 4.88. The third kappa shape index (κ3) is 4.37. The SMILES string of the molecule is CCOC(=O)c1sc(N2C(=O)C(=O)/C(=C(/O)c3ccc(OC)c(C)c3)[C@@H]2c2ccc(C)cc2)nc1C. The fourth-order valence-electron chi connectivity index (χ4n) is 4.15. The average Bonchev–Trinajstić information content (AvgIpc) is 3.36. The lowest BCUT2D eigenvalue weighted by molar-refractivity contribution is -0.132. The van der Waals surface area contributed by atoms with Gasteiger partial charge in [-0.1, -0.05) is 41.2 Å². The van der Waals surface area contributed by atoms with Gasteiger partial charge in [-0.05, 0) is 57.0 Å². The lowest BCUT2D eigenvalue weighted by atomic mass is 9.94. The van der Waals surface area contributed by atoms with Gasteiger partial charge < -0.3 is 14.6 Å². The number of nitrogens with zero attached hydrogens (tertiary/aromatic N) is 2. The number of ketones is 1. The Kier molecular flexibility index (Phi) is 6.94. The zero-order chi connectivity index (χ0) is 26.1. The molecule has 1 aromatic heterocycles. The van der Waals surface area contributed by atoms with Crippen molar-refractivity contribution in [2.75, 3.05) is 18.6 Å². The van der Waals surface area contributed by atoms with Crippen molar-refractivity contribution < 1.29 is 29.0 Å². The van der Waals surface area contributed by atoms with Crippen LogP contribution in [0, 0.1) is 20.8 Å². The molecule has 3 aromatic rings. The molecule has 0 aliphatic carbocycles. The van der Waals surface area contributed by atoms with E-state index in [0.717, 1.165) is 22.5 Å². The smallest absolute Gasteiger partial charge is 0.350 e. The van der Waals surface area contributed by atoms with Crippen molar-refractivity contribution in [2.24, 2.45) is 0 Å². The van der Waals surface area contributed by atoms with Gasteiger partial charge in [0, 0.05) is 5.56 Å². The van der Waals surface area contributed by atoms with Gasteiger partial charge in [-0.3, -0.25) is 14.5 Å². The quantitative estimate of drug-likeness (QED) is 0.220. The van der Waals surface area contributed by atoms with Crippen LogP contribution in [0.15, 0.2) is 48.0 Å². The van der Waals surface area contributed by atoms with Gasteiger partial charge in [0.05, 0.1) is 31.0 Å². The minimum atomic E-state index is -0.936. The van der Waals surface area contributed by atoms with Crippen LogP contribution in [0.1, 0.15) is 50.6 Å². The van der Waals surface area contributed by atoms with E-state index in [1.54, 1.807) is 51.3 Å². The molecule has 1 saturated heterocycles. The molecule has 1 amide bonds. The van der Waals surface area contributed by atoms with Gasteiger partial charge in [0.15, 0.2) is 5.13 Å². The Hall–Kier alpha value is -3.98. The molecule has 186 valence electrons. The van der Waals surface area contributed by atoms with E-state index in [9.17, 15) is 19.5 Å². The number of esters is 1. The second-order valence-electron chi connectivity index (χ2n) is 8.40. The number of carbonyl (C=O) groups is 3. The molecule has 0 saturated carbocycles. The van der Waals surface area contributed by atoms with Crippen LogP contribution < -0.4 is 9.64 Å². The minimum absolute atomic E-state index is 0.0565. The van der Waals surface area contributed by atoms with Crippen LogP contribution in [-0.4, -0.2) is 41.5 Å². The second-order valence-corrected chi connectivity index (χ2v) is 9.37. The molecule has 36 heavy (non-hydrogen) atoms. The summed E-state index contributed by atoms with van der Waals surface area (Å²) < 4.78 is 10.4. The van der Waals surface area contributed by atoms with Crippen molar-refractivity contribution in [2.45, 2.75) is 33.7 Å². The number of hydrogen-bond donors (Lipinski definition) is 1. The summed E-state index contributed by atoms with van der Waals surface area (Å²) in [6.07, 6.45) is 0. The van der Waals surface area contributed by atoms with E-state index in [-0.39, 0.29) is 27.9 Å². The highest BCUT2D eigenvalue weighted by molar-refractivity contribution is 7.17. The van der Waals surface area contributed by atoms with Crippen LogP contribution in [-0.2, 0) is 14.3 Å². The lowest BCUT2D eigenvalue weighted by Gasteiger charge is -2.23. The number of aliphatic hydroxyl groups is 1. The molecule has 0 unspecified atom stereocenters. The first-order valence-electron chi connectivity index (χ1n) is 11.3. The lowest BCUT2D eigenvalue weighted by Crippen LogP contribution is -2.29. The largest absolute Gasteiger partial charge is 0.507 e. The Morgan fingerprint density at radius 2 is 1.81 bits per heavy atom. The first kappa shape index (κ1) is 25.1. The Bertz CT molecular complexity index is 1390. The summed E-state index contributed by atoms with van der Waals surface area (Å²) >= 11 is 0.976. The fraction of sp³-hybridized carbons (Fsp3) is 0.259. The van der Waals surface area contributed by atoms with Gasteiger partial charge in [-0.15, -0.1) is 0 Å². The number of aliphatic hydroxyl groups excluding tert-OH is 1. The molecule has 8 nitrogen and oxygen atoms in total. The number of amides is 1. The maximum absolute atomic E-state index is 13.3. The maximum Gasteiger partial charge on any atom is 0.350 e. The molecule has 1 N–H and O–H groups in total. The molecular weight excluding hydrogens is 480 g/mol. The Labute approximate surface area is 212 Å². The van der Waals surface area contributed by atoms with Gasteiger partial charge >= 0.3 is 11.9 Å². The third-order valence-corrected chi connectivity index (χ3v) is 7.09. The number of anilines is 1. The normalized spacial score (nSPS) is 16.9. The summed E-state index contributed by atoms with van der Waals surface area (Å²) in [6, 6.07) is 11.4. The number of aromatic nitrogens is 1. The Morgan fingerprint density at radius 1 is 1.11 bits per heavy atom. The Morgan fingerprint density at radius 3 is 2.42 bits per heavy atom. The zero-order valence-electron chi connectivity index (χ0n) is 20.6. The van der Waals surface area contributed by atoms with E-state index in [1.807, 2.05) is 26.0 Å². The standard InChI is InChI=1S/C27H26N2O6S/c1-6-35-26(33)24-16(4)28-27(36-24)29-21(17-9-7-14(2)8-10-17)20(23(31)25(29)32)22(30)18-11-12-19(34-5)15(3)13-18/h7-13,21,30H,6H2,1-5H3/b22-20+/t21-/m0/s1. The molecule has 1 aliphatic rings. The molecule has 1 aliphatic heterocycles. The van der Waals surface area contributed by atoms with Crippen molar-refractivity contribution >= 4 is 39.9 Å². The minimum Gasteiger partial charge on any atom is -0.507 e. The number of methoxy groups -OCH3 is 1. The molecule has 0 spiro atoms. The molecule has 0 radical (unpaired) electrons. The van der Waals surface area contributed by atoms with E-state index < -0.39 is 23.7 Å². The topological polar surface area (TPSA) is 106 Å². The van der Waals surface area contributed by atoms with Gasteiger partial charge in [0.25, 0.3) is 5.78 Å². The molecule has 2 aromatic carbocycles. The number of aryl methyl sites for hydroxylation is 3. The van der Waals surface area contributed by atoms with E-state index in [2.05, 4.69) is 4.98 Å². The number of thiazole rings is 1. The number of carbonyl (C=O) groups excluding carboxylic acids is 3. The monoisotopic (exact) mass is 506 g/mol. The van der Waals surface area contributed by atoms with Gasteiger partial charge in [-0.2, -0.15) is 0 Å². The van der Waals surface area contributed by atoms with E-state index >= 15 is 0 Å². The van der Waals surface area contributed by atoms with Crippen LogP contribution in [0.2, 0.25) is 0 Å². The number of benzene rings is 2. The molecule has 2 heterocycles. The van der Waals surface area contributed by atoms with Gasteiger partial charge in [0.2, 0.25) is 0 Å². The highest BCUT2D eigenvalue weighted by atomic mass is 32.1. The summed E-state index contributed by atoms with van der Waals surface area (Å²) in [5.41, 5.74) is 3.10. The van der Waals surface area contributed by atoms with Crippen LogP contribution in [0.25, 0.3) is 5.76 Å². The predicted molar refractivity (Wildman–Crippen MR) is 137 cm³/mol. The molecule has 0 bridgehead atoms. The highest BCUT2D eigenvalue weighted by Gasteiger charge is 2.48. The fourth-order valence-corrected chi connectivity index (χ4v) is 5.13. The van der Waals surface area contributed by atoms with Crippen molar-refractivity contribution in [1.29, 1.82) is 0 Å². The molecule has 4 rings (SSSR count). The van der Waals surface area contributed by atoms with Crippen LogP contribution in [0.3, 0.4) is 0 Å². The number of rotatable bonds is 6. The van der Waals surface area contributed by atoms with Crippen molar-refractivity contribution in [3.05, 3.63) is 80.9 Å². The molecule has 9 heteroatoms. The summed E-state index contributed by atoms with van der Waals surface area (Å²) in [5.74, 6) is -1.89. The first-order valence-corrected chi connectivity index (χ1v) is 12.2. The van der Waals surface area contributed by atoms with E-state index in [0.29, 0.717) is 22.6 Å². The van der Waals surface area contributed by atoms with Crippen molar-refractivity contribution in [3.63, 3.8) is 0 Å². The summed E-state index contributed by atoms with van der Waals surface area (Å²) in [6.45, 7) is 7.29. The summed E-state index contributed by atoms with van der Waals surface area (Å²) in [4.78, 5) is 45.0. The van der Waals surface area contributed by atoms with Crippen LogP contribution >= 0.6 is 11.3 Å². The van der Waals surface area contributed by atoms with Gasteiger partial charge in [0.1, 0.15) is 16.4 Å². The third-order valence-electron chi connectivity index (χ3n) is 5.96.